The van der Waals surface area contributed by atoms with Crippen molar-refractivity contribution in [3.63, 3.8) is 0 Å². The zero-order valence-electron chi connectivity index (χ0n) is 21.1. The lowest BCUT2D eigenvalue weighted by atomic mass is 10.1. The fourth-order valence-electron chi connectivity index (χ4n) is 4.22. The van der Waals surface area contributed by atoms with E-state index in [2.05, 4.69) is 25.5 Å². The second kappa shape index (κ2) is 11.7. The van der Waals surface area contributed by atoms with Crippen LogP contribution < -0.4 is 20.3 Å². The van der Waals surface area contributed by atoms with Gasteiger partial charge in [-0.05, 0) is 12.1 Å². The minimum Gasteiger partial charge on any atom is -0.494 e. The molecule has 202 valence electrons. The minimum atomic E-state index is -4.54. The number of methoxy groups -OCH3 is 1. The van der Waals surface area contributed by atoms with E-state index in [1.54, 1.807) is 37.4 Å². The Morgan fingerprint density at radius 2 is 1.82 bits per heavy atom. The van der Waals surface area contributed by atoms with E-state index in [4.69, 9.17) is 27.9 Å². The van der Waals surface area contributed by atoms with Crippen LogP contribution in [0.1, 0.15) is 13.8 Å². The van der Waals surface area contributed by atoms with Gasteiger partial charge in [0.05, 0.1) is 45.9 Å². The smallest absolute Gasteiger partial charge is 0.363 e. The van der Waals surface area contributed by atoms with Crippen molar-refractivity contribution in [2.24, 2.45) is 0 Å². The van der Waals surface area contributed by atoms with Crippen molar-refractivity contribution in [3.8, 4) is 17.0 Å². The highest BCUT2D eigenvalue weighted by atomic mass is 35.5. The summed E-state index contributed by atoms with van der Waals surface area (Å²) in [5.74, 6) is 0.749. The molecule has 5 rings (SSSR count). The molecule has 1 aliphatic rings. The van der Waals surface area contributed by atoms with Gasteiger partial charge in [0.1, 0.15) is 5.75 Å². The number of rotatable bonds is 6. The fourth-order valence-corrected chi connectivity index (χ4v) is 5.35. The van der Waals surface area contributed by atoms with Crippen molar-refractivity contribution in [1.82, 2.24) is 19.3 Å². The molecule has 0 saturated carbocycles. The molecule has 1 aliphatic heterocycles. The number of hydrogen-bond acceptors (Lipinski definition) is 8. The van der Waals surface area contributed by atoms with Gasteiger partial charge in [-0.2, -0.15) is 8.42 Å². The molecule has 0 aliphatic carbocycles. The molecule has 4 aromatic rings. The third-order valence-electron chi connectivity index (χ3n) is 5.90. The van der Waals surface area contributed by atoms with Crippen LogP contribution in [0.2, 0.25) is 10.0 Å². The summed E-state index contributed by atoms with van der Waals surface area (Å²) in [7, 11) is -2.98. The SMILES string of the molecule is CC.COc1cc(N2CCNCC2)c(Cl)cc1Nc1ncc(Cl)c(-c2cn(S(=O)(=O)O)c3ccccc23)n1. The minimum absolute atomic E-state index is 0.197. The Bertz CT molecular complexity index is 1560. The van der Waals surface area contributed by atoms with Gasteiger partial charge in [0, 0.05) is 49.4 Å². The number of benzene rings is 2. The Labute approximate surface area is 231 Å². The summed E-state index contributed by atoms with van der Waals surface area (Å²) in [6.45, 7) is 7.40. The third-order valence-corrected chi connectivity index (χ3v) is 7.28. The van der Waals surface area contributed by atoms with Gasteiger partial charge in [0.25, 0.3) is 0 Å². The Kier molecular flexibility index (Phi) is 8.64. The summed E-state index contributed by atoms with van der Waals surface area (Å²) in [4.78, 5) is 11.0. The van der Waals surface area contributed by atoms with Crippen LogP contribution in [0.4, 0.5) is 17.3 Å². The standard InChI is InChI=1S/C23H22Cl2N6O4S.C2H6/c1-35-21-11-20(30-8-6-26-7-9-30)16(24)10-18(21)28-23-27-12-17(25)22(29-23)15-13-31(36(32,33)34)19-5-3-2-4-14(15)19;1-2/h2-5,10-13,26H,6-9H2,1H3,(H,27,28,29)(H,32,33,34);1-2H3. The predicted molar refractivity (Wildman–Crippen MR) is 153 cm³/mol. The quantitative estimate of drug-likeness (QED) is 0.263. The number of halogens is 2. The van der Waals surface area contributed by atoms with E-state index < -0.39 is 10.3 Å². The van der Waals surface area contributed by atoms with E-state index in [1.165, 1.54) is 12.4 Å². The van der Waals surface area contributed by atoms with Gasteiger partial charge in [-0.15, -0.1) is 0 Å². The highest BCUT2D eigenvalue weighted by Gasteiger charge is 2.21. The first kappa shape index (κ1) is 27.9. The third kappa shape index (κ3) is 5.67. The Balaban J connectivity index is 0.00000164. The van der Waals surface area contributed by atoms with Crippen LogP contribution in [0.5, 0.6) is 5.75 Å². The van der Waals surface area contributed by atoms with Gasteiger partial charge >= 0.3 is 10.3 Å². The van der Waals surface area contributed by atoms with Crippen molar-refractivity contribution < 1.29 is 17.7 Å². The summed E-state index contributed by atoms with van der Waals surface area (Å²) in [6, 6.07) is 10.3. The number of para-hydroxylation sites is 1. The van der Waals surface area contributed by atoms with Gasteiger partial charge in [0.15, 0.2) is 0 Å². The number of ether oxygens (including phenoxy) is 1. The molecule has 38 heavy (non-hydrogen) atoms. The van der Waals surface area contributed by atoms with Gasteiger partial charge in [-0.1, -0.05) is 55.2 Å². The molecule has 1 fully saturated rings. The number of aromatic nitrogens is 3. The Morgan fingerprint density at radius 3 is 2.50 bits per heavy atom. The molecule has 2 aromatic carbocycles. The van der Waals surface area contributed by atoms with E-state index in [9.17, 15) is 13.0 Å². The van der Waals surface area contributed by atoms with Crippen LogP contribution in [-0.2, 0) is 10.3 Å². The van der Waals surface area contributed by atoms with E-state index in [0.717, 1.165) is 35.8 Å². The molecule has 0 atom stereocenters. The average molecular weight is 580 g/mol. The number of nitrogens with zero attached hydrogens (tertiary/aromatic N) is 4. The monoisotopic (exact) mass is 578 g/mol. The Morgan fingerprint density at radius 1 is 1.11 bits per heavy atom. The summed E-state index contributed by atoms with van der Waals surface area (Å²) in [6.07, 6.45) is 2.69. The maximum absolute atomic E-state index is 11.9. The average Bonchev–Trinajstić information content (AvgIpc) is 3.32. The first-order chi connectivity index (χ1) is 18.3. The number of fused-ring (bicyclic) bond motifs is 1. The van der Waals surface area contributed by atoms with Crippen LogP contribution in [0.3, 0.4) is 0 Å². The number of hydrogen-bond donors (Lipinski definition) is 3. The van der Waals surface area contributed by atoms with Crippen LogP contribution >= 0.6 is 23.2 Å². The van der Waals surface area contributed by atoms with Gasteiger partial charge in [0.2, 0.25) is 5.95 Å². The second-order valence-corrected chi connectivity index (χ2v) is 10.2. The summed E-state index contributed by atoms with van der Waals surface area (Å²) in [5.41, 5.74) is 2.41. The molecule has 1 saturated heterocycles. The van der Waals surface area contributed by atoms with Crippen LogP contribution in [0, 0.1) is 0 Å². The molecule has 0 amide bonds. The largest absolute Gasteiger partial charge is 0.494 e. The molecular formula is C25H28Cl2N6O4S. The van der Waals surface area contributed by atoms with Gasteiger partial charge < -0.3 is 20.3 Å². The molecule has 0 spiro atoms. The molecule has 0 bridgehead atoms. The van der Waals surface area contributed by atoms with Gasteiger partial charge in [-0.25, -0.2) is 13.9 Å². The zero-order chi connectivity index (χ0) is 27.4. The summed E-state index contributed by atoms with van der Waals surface area (Å²) >= 11 is 13.0. The number of nitrogens with one attached hydrogen (secondary N) is 2. The zero-order valence-corrected chi connectivity index (χ0v) is 23.4. The highest BCUT2D eigenvalue weighted by molar-refractivity contribution is 7.84. The fraction of sp³-hybridized carbons (Fsp3) is 0.280. The van der Waals surface area contributed by atoms with E-state index >= 15 is 0 Å². The van der Waals surface area contributed by atoms with E-state index in [-0.39, 0.29) is 22.2 Å². The molecule has 2 aromatic heterocycles. The second-order valence-electron chi connectivity index (χ2n) is 8.09. The van der Waals surface area contributed by atoms with Crippen LogP contribution in [0.15, 0.2) is 48.8 Å². The molecule has 13 heteroatoms. The van der Waals surface area contributed by atoms with Crippen molar-refractivity contribution in [2.45, 2.75) is 13.8 Å². The lowest BCUT2D eigenvalue weighted by Gasteiger charge is -2.30. The predicted octanol–water partition coefficient (Wildman–Crippen LogP) is 5.24. The van der Waals surface area contributed by atoms with Crippen molar-refractivity contribution in [1.29, 1.82) is 0 Å². The van der Waals surface area contributed by atoms with Crippen molar-refractivity contribution in [2.75, 3.05) is 43.5 Å². The maximum atomic E-state index is 11.9. The van der Waals surface area contributed by atoms with E-state index in [1.807, 2.05) is 19.9 Å². The van der Waals surface area contributed by atoms with Gasteiger partial charge in [-0.3, -0.25) is 4.55 Å². The summed E-state index contributed by atoms with van der Waals surface area (Å²) in [5, 5.41) is 7.73. The highest BCUT2D eigenvalue weighted by Crippen LogP contribution is 2.39. The number of piperazine rings is 1. The first-order valence-corrected chi connectivity index (χ1v) is 14.1. The summed E-state index contributed by atoms with van der Waals surface area (Å²) < 4.78 is 39.9. The Hall–Kier alpha value is -3.09. The lowest BCUT2D eigenvalue weighted by Crippen LogP contribution is -2.43. The normalized spacial score (nSPS) is 13.7. The molecule has 3 N–H and O–H groups in total. The first-order valence-electron chi connectivity index (χ1n) is 12.0. The topological polar surface area (TPSA) is 122 Å². The van der Waals surface area contributed by atoms with Crippen LogP contribution in [0.25, 0.3) is 22.2 Å². The maximum Gasteiger partial charge on any atom is 0.363 e. The van der Waals surface area contributed by atoms with Crippen molar-refractivity contribution >= 4 is 61.7 Å². The number of anilines is 3. The van der Waals surface area contributed by atoms with E-state index in [0.29, 0.717) is 27.4 Å². The van der Waals surface area contributed by atoms with Crippen molar-refractivity contribution in [3.05, 3.63) is 58.8 Å². The lowest BCUT2D eigenvalue weighted by molar-refractivity contribution is 0.416. The van der Waals surface area contributed by atoms with Crippen LogP contribution in [-0.4, -0.2) is 60.2 Å². The molecular weight excluding hydrogens is 551 g/mol. The molecule has 3 heterocycles. The molecule has 0 radical (unpaired) electrons. The molecule has 0 unspecified atom stereocenters. The molecule has 10 nitrogen and oxygen atoms in total.